The van der Waals surface area contributed by atoms with Gasteiger partial charge in [0.05, 0.1) is 0 Å². The van der Waals surface area contributed by atoms with E-state index in [1.54, 1.807) is 18.2 Å². The Kier molecular flexibility index (Phi) is 7.40. The molecular formula is C18H18BrFN2O4. The standard InChI is InChI=1S/C18H18BrFN2O4/c19-13-5-6-16(15(20)10-13)26-11-17(24)21-7-2-8-22-18(25)12-3-1-4-14(23)9-12/h1,3-6,9-10,23H,2,7-8,11H2,(H,21,24)(H,22,25). The number of hydrogen-bond donors (Lipinski definition) is 3. The lowest BCUT2D eigenvalue weighted by atomic mass is 10.2. The van der Waals surface area contributed by atoms with Crippen molar-refractivity contribution in [2.24, 2.45) is 0 Å². The maximum absolute atomic E-state index is 13.6. The van der Waals surface area contributed by atoms with Crippen molar-refractivity contribution in [1.82, 2.24) is 10.6 Å². The molecule has 8 heteroatoms. The highest BCUT2D eigenvalue weighted by molar-refractivity contribution is 9.10. The van der Waals surface area contributed by atoms with Crippen LogP contribution in [0.15, 0.2) is 46.9 Å². The van der Waals surface area contributed by atoms with Gasteiger partial charge in [0.25, 0.3) is 11.8 Å². The summed E-state index contributed by atoms with van der Waals surface area (Å²) in [5.74, 6) is -1.22. The number of carbonyl (C=O) groups is 2. The second-order valence-electron chi connectivity index (χ2n) is 5.37. The first-order chi connectivity index (χ1) is 12.5. The molecule has 0 aliphatic heterocycles. The first kappa shape index (κ1) is 19.7. The van der Waals surface area contributed by atoms with Crippen LogP contribution in [0.25, 0.3) is 0 Å². The van der Waals surface area contributed by atoms with Crippen molar-refractivity contribution < 1.29 is 23.8 Å². The van der Waals surface area contributed by atoms with E-state index in [0.717, 1.165) is 0 Å². The number of aromatic hydroxyl groups is 1. The third-order valence-corrected chi connectivity index (χ3v) is 3.82. The number of ether oxygens (including phenoxy) is 1. The summed E-state index contributed by atoms with van der Waals surface area (Å²) in [6.45, 7) is 0.399. The zero-order valence-corrected chi connectivity index (χ0v) is 15.4. The highest BCUT2D eigenvalue weighted by Gasteiger charge is 2.08. The predicted molar refractivity (Wildman–Crippen MR) is 97.7 cm³/mol. The summed E-state index contributed by atoms with van der Waals surface area (Å²) in [4.78, 5) is 23.5. The minimum absolute atomic E-state index is 0.00160. The van der Waals surface area contributed by atoms with Crippen molar-refractivity contribution in [3.63, 3.8) is 0 Å². The van der Waals surface area contributed by atoms with E-state index in [4.69, 9.17) is 4.74 Å². The molecule has 0 aliphatic rings. The number of amides is 2. The third-order valence-electron chi connectivity index (χ3n) is 3.32. The number of hydrogen-bond acceptors (Lipinski definition) is 4. The zero-order chi connectivity index (χ0) is 18.9. The van der Waals surface area contributed by atoms with Crippen molar-refractivity contribution in [3.8, 4) is 11.5 Å². The Balaban J connectivity index is 1.62. The fraction of sp³-hybridized carbons (Fsp3) is 0.222. The SMILES string of the molecule is O=C(COc1ccc(Br)cc1F)NCCCNC(=O)c1cccc(O)c1. The Morgan fingerprint density at radius 1 is 1.12 bits per heavy atom. The van der Waals surface area contributed by atoms with E-state index in [2.05, 4.69) is 26.6 Å². The summed E-state index contributed by atoms with van der Waals surface area (Å²) < 4.78 is 19.3. The van der Waals surface area contributed by atoms with E-state index in [1.165, 1.54) is 24.3 Å². The molecule has 0 saturated heterocycles. The number of benzene rings is 2. The van der Waals surface area contributed by atoms with Crippen LogP contribution in [0.2, 0.25) is 0 Å². The Labute approximate surface area is 158 Å². The molecule has 138 valence electrons. The van der Waals surface area contributed by atoms with Gasteiger partial charge in [0, 0.05) is 23.1 Å². The molecule has 0 unspecified atom stereocenters. The summed E-state index contributed by atoms with van der Waals surface area (Å²) in [5, 5.41) is 14.6. The zero-order valence-electron chi connectivity index (χ0n) is 13.8. The van der Waals surface area contributed by atoms with E-state index in [9.17, 15) is 19.1 Å². The molecular weight excluding hydrogens is 407 g/mol. The van der Waals surface area contributed by atoms with Gasteiger partial charge >= 0.3 is 0 Å². The summed E-state index contributed by atoms with van der Waals surface area (Å²) in [6, 6.07) is 10.3. The van der Waals surface area contributed by atoms with Crippen LogP contribution in [-0.4, -0.2) is 36.6 Å². The molecule has 0 atom stereocenters. The van der Waals surface area contributed by atoms with E-state index in [0.29, 0.717) is 29.5 Å². The summed E-state index contributed by atoms with van der Waals surface area (Å²) in [6.07, 6.45) is 0.517. The summed E-state index contributed by atoms with van der Waals surface area (Å²) >= 11 is 3.14. The van der Waals surface area contributed by atoms with Gasteiger partial charge in [-0.25, -0.2) is 4.39 Å². The molecule has 2 rings (SSSR count). The molecule has 0 fully saturated rings. The molecule has 0 heterocycles. The minimum Gasteiger partial charge on any atom is -0.508 e. The smallest absolute Gasteiger partial charge is 0.257 e. The van der Waals surface area contributed by atoms with Crippen molar-refractivity contribution in [2.75, 3.05) is 19.7 Å². The van der Waals surface area contributed by atoms with E-state index < -0.39 is 5.82 Å². The maximum Gasteiger partial charge on any atom is 0.257 e. The quantitative estimate of drug-likeness (QED) is 0.568. The lowest BCUT2D eigenvalue weighted by molar-refractivity contribution is -0.123. The maximum atomic E-state index is 13.6. The van der Waals surface area contributed by atoms with Crippen LogP contribution < -0.4 is 15.4 Å². The number of phenols is 1. The van der Waals surface area contributed by atoms with Crippen LogP contribution in [0.1, 0.15) is 16.8 Å². The third kappa shape index (κ3) is 6.36. The van der Waals surface area contributed by atoms with Gasteiger partial charge in [-0.15, -0.1) is 0 Å². The normalized spacial score (nSPS) is 10.2. The second-order valence-corrected chi connectivity index (χ2v) is 6.29. The highest BCUT2D eigenvalue weighted by atomic mass is 79.9. The lowest BCUT2D eigenvalue weighted by Crippen LogP contribution is -2.32. The lowest BCUT2D eigenvalue weighted by Gasteiger charge is -2.09. The average Bonchev–Trinajstić information content (AvgIpc) is 2.60. The number of nitrogens with one attached hydrogen (secondary N) is 2. The van der Waals surface area contributed by atoms with Crippen LogP contribution in [0.5, 0.6) is 11.5 Å². The number of halogens is 2. The number of rotatable bonds is 8. The highest BCUT2D eigenvalue weighted by Crippen LogP contribution is 2.21. The topological polar surface area (TPSA) is 87.7 Å². The monoisotopic (exact) mass is 424 g/mol. The van der Waals surface area contributed by atoms with Gasteiger partial charge in [-0.3, -0.25) is 9.59 Å². The largest absolute Gasteiger partial charge is 0.508 e. The Morgan fingerprint density at radius 2 is 1.88 bits per heavy atom. The average molecular weight is 425 g/mol. The Bertz CT molecular complexity index is 786. The first-order valence-electron chi connectivity index (χ1n) is 7.87. The van der Waals surface area contributed by atoms with Gasteiger partial charge in [-0.05, 0) is 42.8 Å². The molecule has 2 aromatic carbocycles. The predicted octanol–water partition coefficient (Wildman–Crippen LogP) is 2.61. The number of phenolic OH excluding ortho intramolecular Hbond substituents is 1. The number of carbonyl (C=O) groups excluding carboxylic acids is 2. The van der Waals surface area contributed by atoms with Crippen LogP contribution >= 0.6 is 15.9 Å². The minimum atomic E-state index is -0.554. The second kappa shape index (κ2) is 9.76. The van der Waals surface area contributed by atoms with Gasteiger partial charge in [0.2, 0.25) is 0 Å². The van der Waals surface area contributed by atoms with Crippen molar-refractivity contribution in [2.45, 2.75) is 6.42 Å². The molecule has 0 bridgehead atoms. The van der Waals surface area contributed by atoms with Crippen molar-refractivity contribution >= 4 is 27.7 Å². The van der Waals surface area contributed by atoms with E-state index in [-0.39, 0.29) is 29.9 Å². The van der Waals surface area contributed by atoms with Gasteiger partial charge in [-0.2, -0.15) is 0 Å². The molecule has 6 nitrogen and oxygen atoms in total. The van der Waals surface area contributed by atoms with Gasteiger partial charge in [0.1, 0.15) is 5.75 Å². The molecule has 2 amide bonds. The molecule has 3 N–H and O–H groups in total. The van der Waals surface area contributed by atoms with Gasteiger partial charge in [0.15, 0.2) is 18.2 Å². The molecule has 0 aromatic heterocycles. The Hall–Kier alpha value is -2.61. The summed E-state index contributed by atoms with van der Waals surface area (Å²) in [7, 11) is 0. The van der Waals surface area contributed by atoms with Crippen molar-refractivity contribution in [3.05, 3.63) is 58.3 Å². The van der Waals surface area contributed by atoms with Crippen LogP contribution in [0, 0.1) is 5.82 Å². The van der Waals surface area contributed by atoms with Crippen LogP contribution in [0.4, 0.5) is 4.39 Å². The van der Waals surface area contributed by atoms with Gasteiger partial charge < -0.3 is 20.5 Å². The molecule has 0 saturated carbocycles. The van der Waals surface area contributed by atoms with Crippen molar-refractivity contribution in [1.29, 1.82) is 0 Å². The van der Waals surface area contributed by atoms with E-state index >= 15 is 0 Å². The first-order valence-corrected chi connectivity index (χ1v) is 8.67. The molecule has 2 aromatic rings. The Morgan fingerprint density at radius 3 is 2.62 bits per heavy atom. The molecule has 0 spiro atoms. The molecule has 0 aliphatic carbocycles. The van der Waals surface area contributed by atoms with Gasteiger partial charge in [-0.1, -0.05) is 22.0 Å². The van der Waals surface area contributed by atoms with Crippen LogP contribution in [0.3, 0.4) is 0 Å². The fourth-order valence-electron chi connectivity index (χ4n) is 2.05. The van der Waals surface area contributed by atoms with Crippen LogP contribution in [-0.2, 0) is 4.79 Å². The van der Waals surface area contributed by atoms with E-state index in [1.807, 2.05) is 0 Å². The summed E-state index contributed by atoms with van der Waals surface area (Å²) in [5.41, 5.74) is 0.360. The fourth-order valence-corrected chi connectivity index (χ4v) is 2.39. The molecule has 26 heavy (non-hydrogen) atoms. The molecule has 0 radical (unpaired) electrons.